The second-order valence-corrected chi connectivity index (χ2v) is 5.65. The minimum absolute atomic E-state index is 0.172. The lowest BCUT2D eigenvalue weighted by Gasteiger charge is -2.21. The Bertz CT molecular complexity index is 905. The number of hydrogen-bond acceptors (Lipinski definition) is 4. The minimum atomic E-state index is -0.318. The SMILES string of the molecule is O=C(c1ccc(=O)[nH]n1)N(Cc1cnc2ccccn12)C1CC1. The summed E-state index contributed by atoms with van der Waals surface area (Å²) in [7, 11) is 0. The highest BCUT2D eigenvalue weighted by molar-refractivity contribution is 5.92. The number of nitrogens with one attached hydrogen (secondary N) is 1. The van der Waals surface area contributed by atoms with Crippen molar-refractivity contribution in [1.29, 1.82) is 0 Å². The highest BCUT2D eigenvalue weighted by atomic mass is 16.2. The first-order chi connectivity index (χ1) is 11.2. The van der Waals surface area contributed by atoms with Gasteiger partial charge in [-0.15, -0.1) is 0 Å². The standard InChI is InChI=1S/C16H15N5O2/c22-15-7-6-13(18-19-15)16(23)21(11-4-5-11)10-12-9-17-14-3-1-2-8-20(12)14/h1-3,6-9,11H,4-5,10H2,(H,19,22). The van der Waals surface area contributed by atoms with Crippen LogP contribution in [0.5, 0.6) is 0 Å². The average Bonchev–Trinajstić information content (AvgIpc) is 3.34. The minimum Gasteiger partial charge on any atom is -0.328 e. The number of rotatable bonds is 4. The lowest BCUT2D eigenvalue weighted by atomic mass is 10.3. The van der Waals surface area contributed by atoms with Crippen LogP contribution in [0.4, 0.5) is 0 Å². The summed E-state index contributed by atoms with van der Waals surface area (Å²) in [5.41, 5.74) is 1.74. The van der Waals surface area contributed by atoms with Gasteiger partial charge in [-0.25, -0.2) is 10.1 Å². The summed E-state index contributed by atoms with van der Waals surface area (Å²) in [6, 6.07) is 8.80. The number of imidazole rings is 1. The highest BCUT2D eigenvalue weighted by Crippen LogP contribution is 2.29. The zero-order valence-corrected chi connectivity index (χ0v) is 12.3. The summed E-state index contributed by atoms with van der Waals surface area (Å²) in [5.74, 6) is -0.172. The maximum Gasteiger partial charge on any atom is 0.274 e. The molecule has 3 heterocycles. The van der Waals surface area contributed by atoms with Gasteiger partial charge in [-0.1, -0.05) is 6.07 Å². The Morgan fingerprint density at radius 3 is 2.91 bits per heavy atom. The molecule has 0 spiro atoms. The molecule has 1 aliphatic carbocycles. The summed E-state index contributed by atoms with van der Waals surface area (Å²) >= 11 is 0. The number of hydrogen-bond donors (Lipinski definition) is 1. The fourth-order valence-electron chi connectivity index (χ4n) is 2.64. The van der Waals surface area contributed by atoms with Gasteiger partial charge >= 0.3 is 0 Å². The largest absolute Gasteiger partial charge is 0.328 e. The molecule has 7 heteroatoms. The Morgan fingerprint density at radius 1 is 1.30 bits per heavy atom. The summed E-state index contributed by atoms with van der Waals surface area (Å²) in [4.78, 5) is 30.0. The van der Waals surface area contributed by atoms with Crippen molar-refractivity contribution >= 4 is 11.6 Å². The van der Waals surface area contributed by atoms with Crippen molar-refractivity contribution in [3.05, 3.63) is 64.5 Å². The number of carbonyl (C=O) groups excluding carboxylic acids is 1. The van der Waals surface area contributed by atoms with Crippen molar-refractivity contribution in [1.82, 2.24) is 24.5 Å². The molecule has 0 saturated heterocycles. The molecule has 0 bridgehead atoms. The van der Waals surface area contributed by atoms with Gasteiger partial charge in [0.05, 0.1) is 18.4 Å². The van der Waals surface area contributed by atoms with Crippen LogP contribution in [-0.2, 0) is 6.54 Å². The third-order valence-electron chi connectivity index (χ3n) is 3.97. The zero-order chi connectivity index (χ0) is 15.8. The van der Waals surface area contributed by atoms with Crippen LogP contribution >= 0.6 is 0 Å². The van der Waals surface area contributed by atoms with Gasteiger partial charge in [0.15, 0.2) is 0 Å². The fourth-order valence-corrected chi connectivity index (χ4v) is 2.64. The maximum atomic E-state index is 12.7. The van der Waals surface area contributed by atoms with Crippen molar-refractivity contribution < 1.29 is 4.79 Å². The molecule has 23 heavy (non-hydrogen) atoms. The molecule has 0 radical (unpaired) electrons. The molecule has 0 atom stereocenters. The first-order valence-corrected chi connectivity index (χ1v) is 7.50. The summed E-state index contributed by atoms with van der Waals surface area (Å²) < 4.78 is 1.98. The Hall–Kier alpha value is -2.96. The monoisotopic (exact) mass is 309 g/mol. The molecule has 116 valence electrons. The Morgan fingerprint density at radius 2 is 2.17 bits per heavy atom. The molecule has 1 fully saturated rings. The summed E-state index contributed by atoms with van der Waals surface area (Å²) in [6.07, 6.45) is 5.71. The van der Waals surface area contributed by atoms with Crippen molar-refractivity contribution in [3.8, 4) is 0 Å². The van der Waals surface area contributed by atoms with Crippen LogP contribution < -0.4 is 5.56 Å². The summed E-state index contributed by atoms with van der Waals surface area (Å²) in [6.45, 7) is 0.468. The van der Waals surface area contributed by atoms with Gasteiger partial charge in [0.1, 0.15) is 11.3 Å². The van der Waals surface area contributed by atoms with Gasteiger partial charge < -0.3 is 9.30 Å². The number of carbonyl (C=O) groups is 1. The van der Waals surface area contributed by atoms with Gasteiger partial charge in [0, 0.05) is 18.3 Å². The number of fused-ring (bicyclic) bond motifs is 1. The normalized spacial score (nSPS) is 14.1. The van der Waals surface area contributed by atoms with E-state index in [-0.39, 0.29) is 23.2 Å². The van der Waals surface area contributed by atoms with Gasteiger partial charge in [0.2, 0.25) is 0 Å². The van der Waals surface area contributed by atoms with E-state index in [1.807, 2.05) is 28.8 Å². The van der Waals surface area contributed by atoms with E-state index in [0.717, 1.165) is 24.2 Å². The van der Waals surface area contributed by atoms with Crippen LogP contribution in [0.2, 0.25) is 0 Å². The number of aromatic amines is 1. The highest BCUT2D eigenvalue weighted by Gasteiger charge is 2.34. The fraction of sp³-hybridized carbons (Fsp3) is 0.250. The van der Waals surface area contributed by atoms with Gasteiger partial charge in [-0.2, -0.15) is 5.10 Å². The van der Waals surface area contributed by atoms with Crippen LogP contribution in [0.3, 0.4) is 0 Å². The average molecular weight is 309 g/mol. The van der Waals surface area contributed by atoms with E-state index in [0.29, 0.717) is 6.54 Å². The van der Waals surface area contributed by atoms with Crippen LogP contribution in [0, 0.1) is 0 Å². The van der Waals surface area contributed by atoms with Gasteiger partial charge in [-0.3, -0.25) is 9.59 Å². The molecule has 0 aromatic carbocycles. The number of H-pyrrole nitrogens is 1. The topological polar surface area (TPSA) is 83.4 Å². The van der Waals surface area contributed by atoms with E-state index in [1.54, 1.807) is 11.1 Å². The van der Waals surface area contributed by atoms with Crippen molar-refractivity contribution in [2.45, 2.75) is 25.4 Å². The predicted octanol–water partition coefficient (Wildman–Crippen LogP) is 1.22. The lowest BCUT2D eigenvalue weighted by molar-refractivity contribution is 0.0720. The van der Waals surface area contributed by atoms with Crippen LogP contribution in [0.1, 0.15) is 29.0 Å². The van der Waals surface area contributed by atoms with E-state index in [9.17, 15) is 9.59 Å². The molecule has 1 saturated carbocycles. The quantitative estimate of drug-likeness (QED) is 0.785. The van der Waals surface area contributed by atoms with E-state index in [2.05, 4.69) is 15.2 Å². The van der Waals surface area contributed by atoms with Crippen molar-refractivity contribution in [2.24, 2.45) is 0 Å². The number of aromatic nitrogens is 4. The molecule has 0 aliphatic heterocycles. The second kappa shape index (κ2) is 5.35. The Balaban J connectivity index is 1.64. The molecule has 1 aliphatic rings. The van der Waals surface area contributed by atoms with E-state index in [4.69, 9.17) is 0 Å². The molecule has 7 nitrogen and oxygen atoms in total. The molecule has 0 unspecified atom stereocenters. The van der Waals surface area contributed by atoms with E-state index in [1.165, 1.54) is 12.1 Å². The third kappa shape index (κ3) is 2.61. The van der Waals surface area contributed by atoms with E-state index >= 15 is 0 Å². The Kier molecular flexibility index (Phi) is 3.18. The van der Waals surface area contributed by atoms with Gasteiger partial charge in [0.25, 0.3) is 11.5 Å². The molecule has 1 N–H and O–H groups in total. The molecule has 3 aromatic rings. The van der Waals surface area contributed by atoms with E-state index < -0.39 is 0 Å². The smallest absolute Gasteiger partial charge is 0.274 e. The number of amides is 1. The molecule has 1 amide bonds. The van der Waals surface area contributed by atoms with Crippen LogP contribution in [-0.4, -0.2) is 36.4 Å². The lowest BCUT2D eigenvalue weighted by Crippen LogP contribution is -2.34. The number of pyridine rings is 1. The predicted molar refractivity (Wildman–Crippen MR) is 82.9 cm³/mol. The van der Waals surface area contributed by atoms with Crippen LogP contribution in [0.15, 0.2) is 47.5 Å². The van der Waals surface area contributed by atoms with Gasteiger partial charge in [-0.05, 0) is 31.0 Å². The number of nitrogens with zero attached hydrogens (tertiary/aromatic N) is 4. The van der Waals surface area contributed by atoms with Crippen molar-refractivity contribution in [2.75, 3.05) is 0 Å². The first-order valence-electron chi connectivity index (χ1n) is 7.50. The Labute approximate surface area is 131 Å². The third-order valence-corrected chi connectivity index (χ3v) is 3.97. The van der Waals surface area contributed by atoms with Crippen LogP contribution in [0.25, 0.3) is 5.65 Å². The van der Waals surface area contributed by atoms with Crippen molar-refractivity contribution in [3.63, 3.8) is 0 Å². The molecule has 3 aromatic heterocycles. The zero-order valence-electron chi connectivity index (χ0n) is 12.3. The first kappa shape index (κ1) is 13.7. The maximum absolute atomic E-state index is 12.7. The molecular weight excluding hydrogens is 294 g/mol. The molecular formula is C16H15N5O2. The summed E-state index contributed by atoms with van der Waals surface area (Å²) in [5, 5.41) is 6.16. The molecule has 4 rings (SSSR count). The second-order valence-electron chi connectivity index (χ2n) is 5.65.